The number of halogens is 1. The van der Waals surface area contributed by atoms with Crippen LogP contribution in [0.4, 0.5) is 14.9 Å². The van der Waals surface area contributed by atoms with E-state index in [9.17, 15) is 18.8 Å². The molecule has 38 heavy (non-hydrogen) atoms. The lowest BCUT2D eigenvalue weighted by Crippen LogP contribution is -2.54. The molecule has 8 nitrogen and oxygen atoms in total. The predicted octanol–water partition coefficient (Wildman–Crippen LogP) is 4.60. The van der Waals surface area contributed by atoms with Crippen LogP contribution in [0.25, 0.3) is 0 Å². The van der Waals surface area contributed by atoms with Gasteiger partial charge < -0.3 is 20.3 Å². The Morgan fingerprint density at radius 3 is 2.39 bits per heavy atom. The first-order valence-electron chi connectivity index (χ1n) is 14.0. The summed E-state index contributed by atoms with van der Waals surface area (Å²) in [5.74, 6) is -0.324. The molecule has 2 N–H and O–H groups in total. The van der Waals surface area contributed by atoms with Crippen LogP contribution in [0.5, 0.6) is 0 Å². The highest BCUT2D eigenvalue weighted by molar-refractivity contribution is 5.94. The topological polar surface area (TPSA) is 91.0 Å². The van der Waals surface area contributed by atoms with Crippen molar-refractivity contribution in [1.82, 2.24) is 15.1 Å². The number of anilines is 1. The van der Waals surface area contributed by atoms with E-state index in [0.717, 1.165) is 49.9 Å². The Morgan fingerprint density at radius 1 is 1.08 bits per heavy atom. The predicted molar refractivity (Wildman–Crippen MR) is 144 cm³/mol. The molecule has 2 aliphatic carbocycles. The van der Waals surface area contributed by atoms with Crippen molar-refractivity contribution in [2.24, 2.45) is 11.8 Å². The summed E-state index contributed by atoms with van der Waals surface area (Å²) in [6.07, 6.45) is 4.86. The largest absolute Gasteiger partial charge is 0.444 e. The van der Waals surface area contributed by atoms with Crippen molar-refractivity contribution in [1.29, 1.82) is 0 Å². The average molecular weight is 531 g/mol. The summed E-state index contributed by atoms with van der Waals surface area (Å²) in [5.41, 5.74) is 1.59. The van der Waals surface area contributed by atoms with Crippen LogP contribution in [0.1, 0.15) is 77.3 Å². The molecule has 9 heteroatoms. The minimum absolute atomic E-state index is 0.106. The third-order valence-electron chi connectivity index (χ3n) is 8.06. The van der Waals surface area contributed by atoms with E-state index in [-0.39, 0.29) is 35.6 Å². The number of rotatable bonds is 6. The molecule has 3 amide bonds. The molecular weight excluding hydrogens is 487 g/mol. The van der Waals surface area contributed by atoms with Gasteiger partial charge in [-0.2, -0.15) is 0 Å². The fourth-order valence-electron chi connectivity index (χ4n) is 5.84. The summed E-state index contributed by atoms with van der Waals surface area (Å²) < 4.78 is 19.9. The number of nitrogens with zero attached hydrogens (tertiary/aromatic N) is 2. The van der Waals surface area contributed by atoms with E-state index in [0.29, 0.717) is 37.5 Å². The lowest BCUT2D eigenvalue weighted by atomic mass is 9.79. The maximum Gasteiger partial charge on any atom is 0.407 e. The number of amides is 3. The molecule has 1 aromatic rings. The molecule has 3 fully saturated rings. The fourth-order valence-corrected chi connectivity index (χ4v) is 5.84. The van der Waals surface area contributed by atoms with Gasteiger partial charge in [-0.15, -0.1) is 0 Å². The van der Waals surface area contributed by atoms with E-state index in [1.165, 1.54) is 12.1 Å². The van der Waals surface area contributed by atoms with Crippen molar-refractivity contribution in [3.8, 4) is 0 Å². The van der Waals surface area contributed by atoms with Gasteiger partial charge >= 0.3 is 6.09 Å². The maximum atomic E-state index is 14.6. The van der Waals surface area contributed by atoms with Crippen molar-refractivity contribution in [3.05, 3.63) is 29.1 Å². The number of benzene rings is 1. The molecule has 0 radical (unpaired) electrons. The zero-order chi connectivity index (χ0) is 27.6. The number of nitrogens with one attached hydrogen (secondary N) is 2. The van der Waals surface area contributed by atoms with E-state index in [2.05, 4.69) is 22.5 Å². The number of ether oxygens (including phenoxy) is 1. The average Bonchev–Trinajstić information content (AvgIpc) is 3.32. The van der Waals surface area contributed by atoms with Gasteiger partial charge in [0.05, 0.1) is 0 Å². The molecule has 2 saturated carbocycles. The van der Waals surface area contributed by atoms with Gasteiger partial charge in [0.25, 0.3) is 0 Å². The summed E-state index contributed by atoms with van der Waals surface area (Å²) in [6, 6.07) is 2.92. The molecule has 1 saturated heterocycles. The molecule has 3 aliphatic rings. The third-order valence-corrected chi connectivity index (χ3v) is 8.06. The second kappa shape index (κ2) is 11.6. The molecule has 1 heterocycles. The second-order valence-corrected chi connectivity index (χ2v) is 12.3. The normalized spacial score (nSPS) is 24.6. The van der Waals surface area contributed by atoms with Gasteiger partial charge in [0.2, 0.25) is 11.8 Å². The van der Waals surface area contributed by atoms with Gasteiger partial charge in [-0.05, 0) is 83.6 Å². The number of hydrogen-bond donors (Lipinski definition) is 2. The number of piperazine rings is 1. The van der Waals surface area contributed by atoms with Crippen LogP contribution in [-0.2, 0) is 20.9 Å². The molecule has 4 rings (SSSR count). The van der Waals surface area contributed by atoms with Gasteiger partial charge in [0, 0.05) is 55.8 Å². The summed E-state index contributed by atoms with van der Waals surface area (Å²) >= 11 is 0. The zero-order valence-corrected chi connectivity index (χ0v) is 23.4. The summed E-state index contributed by atoms with van der Waals surface area (Å²) in [6.45, 7) is 12.1. The Kier molecular flexibility index (Phi) is 8.65. The lowest BCUT2D eigenvalue weighted by molar-refractivity contribution is -0.140. The Hall–Kier alpha value is -2.68. The first kappa shape index (κ1) is 28.3. The molecule has 210 valence electrons. The second-order valence-electron chi connectivity index (χ2n) is 12.3. The maximum absolute atomic E-state index is 14.6. The monoisotopic (exact) mass is 530 g/mol. The first-order chi connectivity index (χ1) is 17.9. The van der Waals surface area contributed by atoms with Gasteiger partial charge in [0.15, 0.2) is 0 Å². The Bertz CT molecular complexity index is 1040. The van der Waals surface area contributed by atoms with Crippen LogP contribution in [0, 0.1) is 24.6 Å². The minimum Gasteiger partial charge on any atom is -0.444 e. The lowest BCUT2D eigenvalue weighted by Gasteiger charge is -2.41. The van der Waals surface area contributed by atoms with Gasteiger partial charge in [0.1, 0.15) is 11.4 Å². The number of alkyl carbamates (subject to hydrolysis) is 1. The van der Waals surface area contributed by atoms with Crippen molar-refractivity contribution in [2.45, 2.75) is 97.4 Å². The Morgan fingerprint density at radius 2 is 1.76 bits per heavy atom. The van der Waals surface area contributed by atoms with Crippen LogP contribution in [0.3, 0.4) is 0 Å². The standard InChI is InChI=1S/C29H43FN4O4/c1-18-16-33(10-11-34(18)27(36)20-8-6-7-9-20)17-22-12-23(30)15-25(19(22)2)32-26(35)21-13-24(14-21)31-28(37)38-29(3,4)5/h12,15,18,20-21,24H,6-11,13-14,16-17H2,1-5H3,(H,31,37)(H,32,35)/t18-,21-,24+/m0/s1. The van der Waals surface area contributed by atoms with Crippen LogP contribution in [0.15, 0.2) is 12.1 Å². The SMILES string of the molecule is Cc1c(CN2CCN(C(=O)C3CCCC3)[C@@H](C)C2)cc(F)cc1NC(=O)[C@H]1C[C@@H](NC(=O)OC(C)(C)C)C1. The number of hydrogen-bond acceptors (Lipinski definition) is 5. The smallest absolute Gasteiger partial charge is 0.407 e. The van der Waals surface area contributed by atoms with E-state index < -0.39 is 11.7 Å². The Balaban J connectivity index is 1.30. The first-order valence-corrected chi connectivity index (χ1v) is 14.0. The van der Waals surface area contributed by atoms with Crippen molar-refractivity contribution < 1.29 is 23.5 Å². The molecule has 0 aromatic heterocycles. The minimum atomic E-state index is -0.574. The highest BCUT2D eigenvalue weighted by Crippen LogP contribution is 2.31. The molecule has 0 unspecified atom stereocenters. The fraction of sp³-hybridized carbons (Fsp3) is 0.690. The summed E-state index contributed by atoms with van der Waals surface area (Å²) in [7, 11) is 0. The Labute approximate surface area is 225 Å². The zero-order valence-electron chi connectivity index (χ0n) is 23.4. The van der Waals surface area contributed by atoms with E-state index in [1.807, 2.05) is 11.8 Å². The van der Waals surface area contributed by atoms with Crippen LogP contribution >= 0.6 is 0 Å². The molecule has 0 bridgehead atoms. The molecule has 0 spiro atoms. The highest BCUT2D eigenvalue weighted by Gasteiger charge is 2.37. The van der Waals surface area contributed by atoms with Crippen molar-refractivity contribution in [2.75, 3.05) is 25.0 Å². The molecule has 1 atom stereocenters. The van der Waals surface area contributed by atoms with Gasteiger partial charge in [-0.1, -0.05) is 12.8 Å². The van der Waals surface area contributed by atoms with Crippen LogP contribution < -0.4 is 10.6 Å². The van der Waals surface area contributed by atoms with Crippen molar-refractivity contribution in [3.63, 3.8) is 0 Å². The number of carbonyl (C=O) groups is 3. The van der Waals surface area contributed by atoms with E-state index in [1.54, 1.807) is 20.8 Å². The summed E-state index contributed by atoms with van der Waals surface area (Å²) in [5, 5.41) is 5.71. The molecular formula is C29H43FN4O4. The van der Waals surface area contributed by atoms with Crippen LogP contribution in [-0.4, -0.2) is 65.0 Å². The number of carbonyl (C=O) groups excluding carboxylic acids is 3. The molecule has 1 aromatic carbocycles. The van der Waals surface area contributed by atoms with E-state index >= 15 is 0 Å². The van der Waals surface area contributed by atoms with Gasteiger partial charge in [-0.25, -0.2) is 9.18 Å². The quantitative estimate of drug-likeness (QED) is 0.561. The van der Waals surface area contributed by atoms with Gasteiger partial charge in [-0.3, -0.25) is 14.5 Å². The van der Waals surface area contributed by atoms with E-state index in [4.69, 9.17) is 4.74 Å². The highest BCUT2D eigenvalue weighted by atomic mass is 19.1. The van der Waals surface area contributed by atoms with Crippen LogP contribution in [0.2, 0.25) is 0 Å². The van der Waals surface area contributed by atoms with Crippen molar-refractivity contribution >= 4 is 23.6 Å². The third kappa shape index (κ3) is 7.04. The molecule has 1 aliphatic heterocycles. The summed E-state index contributed by atoms with van der Waals surface area (Å²) in [4.78, 5) is 42.0.